The average molecular weight is 323 g/mol. The second kappa shape index (κ2) is 9.92. The van der Waals surface area contributed by atoms with Crippen molar-refractivity contribution in [2.24, 2.45) is 0 Å². The van der Waals surface area contributed by atoms with E-state index in [1.807, 2.05) is 62.3 Å². The van der Waals surface area contributed by atoms with Gasteiger partial charge in [0.15, 0.2) is 6.29 Å². The van der Waals surface area contributed by atoms with E-state index in [1.165, 1.54) is 0 Å². The minimum Gasteiger partial charge on any atom is -0.351 e. The Morgan fingerprint density at radius 3 is 1.24 bits per heavy atom. The fourth-order valence-corrected chi connectivity index (χ4v) is 4.31. The van der Waals surface area contributed by atoms with Gasteiger partial charge in [-0.3, -0.25) is 0 Å². The first kappa shape index (κ1) is 21.0. The van der Waals surface area contributed by atoms with Crippen molar-refractivity contribution >= 4 is 9.05 Å². The molecule has 0 aliphatic heterocycles. The summed E-state index contributed by atoms with van der Waals surface area (Å²) in [6, 6.07) is 0. The first-order valence-electron chi connectivity index (χ1n) is 7.96. The summed E-state index contributed by atoms with van der Waals surface area (Å²) in [6.45, 7) is 17.6. The minimum absolute atomic E-state index is 0.0503. The third kappa shape index (κ3) is 9.60. The summed E-state index contributed by atoms with van der Waals surface area (Å²) in [6.07, 6.45) is 0.228. The lowest BCUT2D eigenvalue weighted by molar-refractivity contribution is -0.178. The Balaban J connectivity index is 5.19. The number of hydrogen-bond acceptors (Lipinski definition) is 5. The Morgan fingerprint density at radius 1 is 0.619 bits per heavy atom. The lowest BCUT2D eigenvalue weighted by Crippen LogP contribution is -2.55. The maximum Gasteiger partial charge on any atom is 0.682 e. The molecule has 0 aromatic heterocycles. The van der Waals surface area contributed by atoms with Gasteiger partial charge in [-0.2, -0.15) is 0 Å². The fraction of sp³-hybridized carbons (Fsp3) is 1.00. The van der Waals surface area contributed by atoms with Crippen LogP contribution in [0, 0.1) is 0 Å². The van der Waals surface area contributed by atoms with E-state index in [4.69, 9.17) is 22.4 Å². The van der Waals surface area contributed by atoms with E-state index in [-0.39, 0.29) is 24.4 Å². The standard InChI is InChI=1S/C15H34O5Si/c1-10-15(16-11(2)3)20-21(17-12(4)5,18-13(6)7)19-14(8)9/h11-15H,10H2,1-9H3. The van der Waals surface area contributed by atoms with Gasteiger partial charge in [-0.1, -0.05) is 6.92 Å². The zero-order valence-corrected chi connectivity index (χ0v) is 16.1. The quantitative estimate of drug-likeness (QED) is 0.427. The van der Waals surface area contributed by atoms with Crippen molar-refractivity contribution in [3.63, 3.8) is 0 Å². The molecule has 0 saturated carbocycles. The second-order valence-electron chi connectivity index (χ2n) is 6.14. The molecular formula is C15H34O5Si. The SMILES string of the molecule is CCC(OC(C)C)O[Si](OC(C)C)(OC(C)C)OC(C)C. The van der Waals surface area contributed by atoms with Gasteiger partial charge >= 0.3 is 9.05 Å². The molecule has 6 heteroatoms. The van der Waals surface area contributed by atoms with Crippen LogP contribution in [0.4, 0.5) is 0 Å². The van der Waals surface area contributed by atoms with E-state index >= 15 is 0 Å². The van der Waals surface area contributed by atoms with Crippen LogP contribution in [0.25, 0.3) is 0 Å². The van der Waals surface area contributed by atoms with Gasteiger partial charge in [0.05, 0.1) is 6.10 Å². The van der Waals surface area contributed by atoms with E-state index in [9.17, 15) is 0 Å². The van der Waals surface area contributed by atoms with Crippen LogP contribution in [0.5, 0.6) is 0 Å². The normalized spacial score (nSPS) is 14.7. The topological polar surface area (TPSA) is 46.2 Å². The van der Waals surface area contributed by atoms with Gasteiger partial charge < -0.3 is 22.4 Å². The van der Waals surface area contributed by atoms with E-state index in [2.05, 4.69) is 0 Å². The molecule has 21 heavy (non-hydrogen) atoms. The van der Waals surface area contributed by atoms with Crippen LogP contribution in [-0.4, -0.2) is 39.8 Å². The van der Waals surface area contributed by atoms with Crippen molar-refractivity contribution in [2.45, 2.75) is 99.4 Å². The molecule has 0 bridgehead atoms. The summed E-state index contributed by atoms with van der Waals surface area (Å²) in [7, 11) is -3.26. The zero-order valence-electron chi connectivity index (χ0n) is 15.1. The number of rotatable bonds is 11. The highest BCUT2D eigenvalue weighted by atomic mass is 28.4. The Labute approximate surface area is 131 Å². The number of ether oxygens (including phenoxy) is 1. The molecule has 0 aliphatic rings. The summed E-state index contributed by atoms with van der Waals surface area (Å²) < 4.78 is 29.8. The monoisotopic (exact) mass is 322 g/mol. The molecule has 0 aliphatic carbocycles. The minimum atomic E-state index is -3.26. The molecule has 0 amide bonds. The highest BCUT2D eigenvalue weighted by Crippen LogP contribution is 2.22. The first-order chi connectivity index (χ1) is 9.60. The lowest BCUT2D eigenvalue weighted by Gasteiger charge is -2.35. The summed E-state index contributed by atoms with van der Waals surface area (Å²) in [5, 5.41) is 0. The van der Waals surface area contributed by atoms with Crippen molar-refractivity contribution in [1.82, 2.24) is 0 Å². The van der Waals surface area contributed by atoms with Crippen LogP contribution < -0.4 is 0 Å². The van der Waals surface area contributed by atoms with Gasteiger partial charge in [-0.25, -0.2) is 0 Å². The van der Waals surface area contributed by atoms with Gasteiger partial charge in [0.25, 0.3) is 0 Å². The Kier molecular flexibility index (Phi) is 9.93. The van der Waals surface area contributed by atoms with E-state index in [0.29, 0.717) is 6.42 Å². The van der Waals surface area contributed by atoms with Crippen molar-refractivity contribution in [3.05, 3.63) is 0 Å². The maximum absolute atomic E-state index is 6.08. The Morgan fingerprint density at radius 2 is 1.00 bits per heavy atom. The predicted molar refractivity (Wildman–Crippen MR) is 85.8 cm³/mol. The molecule has 128 valence electrons. The first-order valence-corrected chi connectivity index (χ1v) is 9.60. The highest BCUT2D eigenvalue weighted by Gasteiger charge is 2.50. The van der Waals surface area contributed by atoms with Gasteiger partial charge in [0.1, 0.15) is 0 Å². The van der Waals surface area contributed by atoms with Crippen molar-refractivity contribution in [2.75, 3.05) is 0 Å². The molecule has 0 heterocycles. The van der Waals surface area contributed by atoms with Gasteiger partial charge in [0.2, 0.25) is 0 Å². The second-order valence-corrected chi connectivity index (χ2v) is 8.08. The predicted octanol–water partition coefficient (Wildman–Crippen LogP) is 3.87. The van der Waals surface area contributed by atoms with Gasteiger partial charge in [0, 0.05) is 18.3 Å². The van der Waals surface area contributed by atoms with Crippen molar-refractivity contribution in [1.29, 1.82) is 0 Å². The van der Waals surface area contributed by atoms with Crippen LogP contribution in [0.1, 0.15) is 68.7 Å². The fourth-order valence-electron chi connectivity index (χ4n) is 1.70. The molecule has 0 spiro atoms. The summed E-state index contributed by atoms with van der Waals surface area (Å²) in [5.41, 5.74) is 0. The van der Waals surface area contributed by atoms with E-state index in [1.54, 1.807) is 0 Å². The third-order valence-electron chi connectivity index (χ3n) is 2.17. The van der Waals surface area contributed by atoms with Crippen LogP contribution in [0.2, 0.25) is 0 Å². The molecule has 0 fully saturated rings. The molecule has 5 nitrogen and oxygen atoms in total. The van der Waals surface area contributed by atoms with Crippen LogP contribution >= 0.6 is 0 Å². The van der Waals surface area contributed by atoms with E-state index < -0.39 is 15.3 Å². The summed E-state index contributed by atoms with van der Waals surface area (Å²) in [4.78, 5) is 0. The smallest absolute Gasteiger partial charge is 0.351 e. The Bertz CT molecular complexity index is 242. The van der Waals surface area contributed by atoms with Crippen LogP contribution in [0.3, 0.4) is 0 Å². The third-order valence-corrected chi connectivity index (χ3v) is 5.00. The highest BCUT2D eigenvalue weighted by molar-refractivity contribution is 6.53. The van der Waals surface area contributed by atoms with Crippen molar-refractivity contribution < 1.29 is 22.4 Å². The molecule has 0 aromatic carbocycles. The molecule has 0 saturated heterocycles. The number of hydrogen-bond donors (Lipinski definition) is 0. The van der Waals surface area contributed by atoms with Gasteiger partial charge in [-0.05, 0) is 61.8 Å². The molecule has 0 radical (unpaired) electrons. The van der Waals surface area contributed by atoms with Crippen molar-refractivity contribution in [3.8, 4) is 0 Å². The molecule has 0 N–H and O–H groups in total. The average Bonchev–Trinajstić information content (AvgIpc) is 2.23. The van der Waals surface area contributed by atoms with Crippen LogP contribution in [0.15, 0.2) is 0 Å². The molecule has 0 aromatic rings. The molecule has 1 unspecified atom stereocenters. The summed E-state index contributed by atoms with van der Waals surface area (Å²) in [5.74, 6) is 0. The molecule has 1 atom stereocenters. The van der Waals surface area contributed by atoms with Crippen LogP contribution in [-0.2, 0) is 22.4 Å². The largest absolute Gasteiger partial charge is 0.682 e. The Hall–Kier alpha value is 0.0169. The lowest BCUT2D eigenvalue weighted by atomic mass is 10.4. The van der Waals surface area contributed by atoms with E-state index in [0.717, 1.165) is 0 Å². The zero-order chi connectivity index (χ0) is 16.6. The summed E-state index contributed by atoms with van der Waals surface area (Å²) >= 11 is 0. The molecular weight excluding hydrogens is 288 g/mol. The molecule has 0 rings (SSSR count). The maximum atomic E-state index is 6.08. The van der Waals surface area contributed by atoms with Gasteiger partial charge in [-0.15, -0.1) is 0 Å².